The molecule has 0 unspecified atom stereocenters. The predicted octanol–water partition coefficient (Wildman–Crippen LogP) is 1.78. The predicted molar refractivity (Wildman–Crippen MR) is 44.9 cm³/mol. The van der Waals surface area contributed by atoms with E-state index in [-0.39, 0.29) is 0 Å². The summed E-state index contributed by atoms with van der Waals surface area (Å²) in [6.45, 7) is 4.37. The lowest BCUT2D eigenvalue weighted by Gasteiger charge is -1.90. The van der Waals surface area contributed by atoms with E-state index in [0.717, 1.165) is 6.42 Å². The van der Waals surface area contributed by atoms with E-state index in [4.69, 9.17) is 0 Å². The second kappa shape index (κ2) is 2.19. The van der Waals surface area contributed by atoms with Crippen LogP contribution in [0.5, 0.6) is 0 Å². The molecule has 56 valence electrons. The van der Waals surface area contributed by atoms with Crippen molar-refractivity contribution in [2.24, 2.45) is 0 Å². The van der Waals surface area contributed by atoms with Gasteiger partial charge in [0.25, 0.3) is 0 Å². The first-order chi connectivity index (χ1) is 5.29. The first-order valence-corrected chi connectivity index (χ1v) is 3.95. The molecule has 0 aromatic carbocycles. The van der Waals surface area contributed by atoms with Gasteiger partial charge in [-0.15, -0.1) is 0 Å². The van der Waals surface area contributed by atoms with E-state index in [1.54, 1.807) is 0 Å². The van der Waals surface area contributed by atoms with Crippen molar-refractivity contribution in [2.75, 3.05) is 0 Å². The van der Waals surface area contributed by atoms with Crippen LogP contribution in [0.3, 0.4) is 0 Å². The molecule has 0 N–H and O–H groups in total. The molecular weight excluding hydrogens is 134 g/mol. The fraction of sp³-hybridized carbons (Fsp3) is 0.300. The van der Waals surface area contributed by atoms with Crippen molar-refractivity contribution >= 4 is 5.70 Å². The molecule has 1 nitrogen and oxygen atoms in total. The lowest BCUT2D eigenvalue weighted by atomic mass is 10.2. The van der Waals surface area contributed by atoms with Crippen LogP contribution in [-0.2, 0) is 6.42 Å². The quantitative estimate of drug-likeness (QED) is 0.491. The molecule has 2 heterocycles. The summed E-state index contributed by atoms with van der Waals surface area (Å²) in [7, 11) is 0. The first kappa shape index (κ1) is 6.59. The third-order valence-corrected chi connectivity index (χ3v) is 2.37. The number of hydrogen-bond donors (Lipinski definition) is 0. The van der Waals surface area contributed by atoms with Gasteiger partial charge in [0.2, 0.25) is 0 Å². The number of pyridine rings is 1. The first-order valence-electron chi connectivity index (χ1n) is 3.95. The van der Waals surface area contributed by atoms with E-state index < -0.39 is 0 Å². The van der Waals surface area contributed by atoms with Gasteiger partial charge in [0.15, 0.2) is 17.6 Å². The number of fused-ring (bicyclic) bond motifs is 1. The van der Waals surface area contributed by atoms with Crippen molar-refractivity contribution in [3.63, 3.8) is 0 Å². The van der Waals surface area contributed by atoms with Crippen molar-refractivity contribution in [1.82, 2.24) is 0 Å². The molecule has 0 amide bonds. The zero-order valence-corrected chi connectivity index (χ0v) is 6.96. The average Bonchev–Trinajstić information content (AvgIpc) is 2.30. The molecule has 1 aliphatic rings. The summed E-state index contributed by atoms with van der Waals surface area (Å²) in [6.07, 6.45) is 3.24. The topological polar surface area (TPSA) is 3.88 Å². The molecule has 0 saturated carbocycles. The Bertz CT molecular complexity index is 323. The second-order valence-corrected chi connectivity index (χ2v) is 3.10. The molecule has 0 radical (unpaired) electrons. The van der Waals surface area contributed by atoms with Gasteiger partial charge in [0.05, 0.1) is 6.42 Å². The lowest BCUT2D eigenvalue weighted by molar-refractivity contribution is -0.584. The SMILES string of the molecule is CC1=C(C)[n+]2ccccc2C1. The molecule has 11 heavy (non-hydrogen) atoms. The highest BCUT2D eigenvalue weighted by Crippen LogP contribution is 2.15. The average molecular weight is 146 g/mol. The molecule has 0 saturated heterocycles. The Hall–Kier alpha value is -1.11. The van der Waals surface area contributed by atoms with E-state index in [1.165, 1.54) is 17.0 Å². The minimum atomic E-state index is 1.12. The summed E-state index contributed by atoms with van der Waals surface area (Å²) in [5, 5.41) is 0. The van der Waals surface area contributed by atoms with Gasteiger partial charge in [-0.05, 0) is 6.92 Å². The minimum absolute atomic E-state index is 1.12. The van der Waals surface area contributed by atoms with Gasteiger partial charge in [0, 0.05) is 24.6 Å². The van der Waals surface area contributed by atoms with E-state index in [9.17, 15) is 0 Å². The highest BCUT2D eigenvalue weighted by molar-refractivity contribution is 5.41. The van der Waals surface area contributed by atoms with E-state index in [1.807, 2.05) is 0 Å². The zero-order chi connectivity index (χ0) is 7.84. The summed E-state index contributed by atoms with van der Waals surface area (Å²) >= 11 is 0. The highest BCUT2D eigenvalue weighted by Gasteiger charge is 2.22. The summed E-state index contributed by atoms with van der Waals surface area (Å²) in [5.74, 6) is 0. The van der Waals surface area contributed by atoms with Crippen LogP contribution in [0.25, 0.3) is 5.70 Å². The van der Waals surface area contributed by atoms with Crippen LogP contribution >= 0.6 is 0 Å². The summed E-state index contributed by atoms with van der Waals surface area (Å²) < 4.78 is 2.26. The normalized spacial score (nSPS) is 15.5. The Morgan fingerprint density at radius 2 is 2.09 bits per heavy atom. The molecule has 1 aromatic heterocycles. The maximum absolute atomic E-state index is 2.26. The number of aromatic nitrogens is 1. The molecule has 1 aliphatic heterocycles. The van der Waals surface area contributed by atoms with Gasteiger partial charge in [-0.2, -0.15) is 4.57 Å². The molecule has 2 rings (SSSR count). The number of allylic oxidation sites excluding steroid dienone is 2. The third kappa shape index (κ3) is 0.881. The van der Waals surface area contributed by atoms with Crippen LogP contribution < -0.4 is 4.57 Å². The standard InChI is InChI=1S/C10H12N/c1-8-7-10-5-3-4-6-11(10)9(8)2/h3-6H,7H2,1-2H3/q+1. The zero-order valence-electron chi connectivity index (χ0n) is 6.96. The van der Waals surface area contributed by atoms with Gasteiger partial charge in [-0.25, -0.2) is 0 Å². The van der Waals surface area contributed by atoms with Crippen molar-refractivity contribution in [1.29, 1.82) is 0 Å². The van der Waals surface area contributed by atoms with Gasteiger partial charge in [0.1, 0.15) is 0 Å². The number of nitrogens with zero attached hydrogens (tertiary/aromatic N) is 1. The maximum atomic E-state index is 2.26. The van der Waals surface area contributed by atoms with Gasteiger partial charge in [-0.1, -0.05) is 6.07 Å². The molecule has 1 aromatic rings. The number of rotatable bonds is 0. The molecular formula is C10H12N+. The third-order valence-electron chi connectivity index (χ3n) is 2.37. The van der Waals surface area contributed by atoms with E-state index in [0.29, 0.717) is 0 Å². The summed E-state index contributed by atoms with van der Waals surface area (Å²) in [5.41, 5.74) is 4.28. The van der Waals surface area contributed by atoms with Crippen molar-refractivity contribution in [3.8, 4) is 0 Å². The van der Waals surface area contributed by atoms with Gasteiger partial charge >= 0.3 is 0 Å². The van der Waals surface area contributed by atoms with Crippen LogP contribution in [0.1, 0.15) is 19.5 Å². The van der Waals surface area contributed by atoms with Crippen molar-refractivity contribution in [3.05, 3.63) is 35.7 Å². The van der Waals surface area contributed by atoms with Gasteiger partial charge in [-0.3, -0.25) is 0 Å². The molecule has 0 bridgehead atoms. The molecule has 1 heteroatoms. The van der Waals surface area contributed by atoms with Crippen LogP contribution in [0.2, 0.25) is 0 Å². The fourth-order valence-corrected chi connectivity index (χ4v) is 1.55. The van der Waals surface area contributed by atoms with Crippen molar-refractivity contribution < 1.29 is 4.57 Å². The Morgan fingerprint density at radius 3 is 2.82 bits per heavy atom. The molecule has 0 fully saturated rings. The monoisotopic (exact) mass is 146 g/mol. The lowest BCUT2D eigenvalue weighted by Crippen LogP contribution is -2.31. The molecule has 0 spiro atoms. The fourth-order valence-electron chi connectivity index (χ4n) is 1.55. The van der Waals surface area contributed by atoms with E-state index >= 15 is 0 Å². The second-order valence-electron chi connectivity index (χ2n) is 3.10. The Balaban J connectivity index is 2.60. The highest BCUT2D eigenvalue weighted by atomic mass is 15.0. The molecule has 0 aliphatic carbocycles. The van der Waals surface area contributed by atoms with Crippen LogP contribution in [0.15, 0.2) is 30.0 Å². The minimum Gasteiger partial charge on any atom is -0.168 e. The smallest absolute Gasteiger partial charge is 0.168 e. The van der Waals surface area contributed by atoms with Crippen LogP contribution in [0, 0.1) is 0 Å². The summed E-state index contributed by atoms with van der Waals surface area (Å²) in [6, 6.07) is 6.35. The van der Waals surface area contributed by atoms with Gasteiger partial charge < -0.3 is 0 Å². The van der Waals surface area contributed by atoms with Crippen LogP contribution in [0.4, 0.5) is 0 Å². The van der Waals surface area contributed by atoms with E-state index in [2.05, 4.69) is 42.8 Å². The molecule has 0 atom stereocenters. The van der Waals surface area contributed by atoms with Crippen molar-refractivity contribution in [2.45, 2.75) is 20.3 Å². The Labute approximate surface area is 67.0 Å². The largest absolute Gasteiger partial charge is 0.191 e. The Kier molecular flexibility index (Phi) is 1.31. The maximum Gasteiger partial charge on any atom is 0.191 e. The summed E-state index contributed by atoms with van der Waals surface area (Å²) in [4.78, 5) is 0. The van der Waals surface area contributed by atoms with Crippen LogP contribution in [-0.4, -0.2) is 0 Å². The Morgan fingerprint density at radius 1 is 1.27 bits per heavy atom. The number of hydrogen-bond acceptors (Lipinski definition) is 0.